The lowest BCUT2D eigenvalue weighted by molar-refractivity contribution is -0.253. The molecule has 1 radical (unpaired) electrons. The lowest BCUT2D eigenvalue weighted by atomic mass is 10.0. The minimum atomic E-state index is 0.828. The van der Waals surface area contributed by atoms with Crippen LogP contribution in [0.15, 0.2) is 54.6 Å². The topological polar surface area (TPSA) is 25.3 Å². The fourth-order valence-corrected chi connectivity index (χ4v) is 1.38. The Bertz CT molecular complexity index is 393. The third kappa shape index (κ3) is 1.60. The first-order valence-corrected chi connectivity index (χ1v) is 4.28. The van der Waals surface area contributed by atoms with E-state index in [1.807, 2.05) is 42.5 Å². The van der Waals surface area contributed by atoms with Crippen LogP contribution in [0, 0.1) is 0 Å². The molecule has 1 nitrogen and oxygen atoms in total. The summed E-state index contributed by atoms with van der Waals surface area (Å²) in [5, 5.41) is 0. The van der Waals surface area contributed by atoms with E-state index in [1.54, 1.807) is 0 Å². The second-order valence-electron chi connectivity index (χ2n) is 2.95. The predicted octanol–water partition coefficient (Wildman–Crippen LogP) is 2.01. The van der Waals surface area contributed by atoms with Gasteiger partial charge in [0, 0.05) is 11.6 Å². The molecule has 2 N–H and O–H groups in total. The number of nitrogens with two attached hydrogens (primary N) is 1. The maximum Gasteiger partial charge on any atom is 0.185 e. The second kappa shape index (κ2) is 3.42. The Balaban J connectivity index is 2.54. The number of benzene rings is 2. The summed E-state index contributed by atoms with van der Waals surface area (Å²) in [7, 11) is 0. The van der Waals surface area contributed by atoms with E-state index in [2.05, 4.69) is 12.1 Å². The maximum atomic E-state index is 5.85. The second-order valence-corrected chi connectivity index (χ2v) is 2.95. The summed E-state index contributed by atoms with van der Waals surface area (Å²) in [6, 6.07) is 18.1. The predicted molar refractivity (Wildman–Crippen MR) is 53.5 cm³/mol. The van der Waals surface area contributed by atoms with Crippen molar-refractivity contribution < 1.29 is 5.73 Å². The first-order chi connectivity index (χ1) is 6.38. The van der Waals surface area contributed by atoms with Crippen LogP contribution in [0.3, 0.4) is 0 Å². The summed E-state index contributed by atoms with van der Waals surface area (Å²) in [6.07, 6.45) is 0. The molecule has 1 heteroatoms. The van der Waals surface area contributed by atoms with Crippen LogP contribution in [0.25, 0.3) is 11.1 Å². The largest absolute Gasteiger partial charge is 0.185 e. The molecule has 0 aliphatic rings. The zero-order valence-electron chi connectivity index (χ0n) is 7.27. The molecule has 2 aromatic rings. The zero-order valence-corrected chi connectivity index (χ0v) is 7.27. The van der Waals surface area contributed by atoms with Crippen LogP contribution in [0.1, 0.15) is 0 Å². The van der Waals surface area contributed by atoms with E-state index in [0.717, 1.165) is 11.3 Å². The van der Waals surface area contributed by atoms with Gasteiger partial charge in [0.15, 0.2) is 5.69 Å². The average molecular weight is 169 g/mol. The van der Waals surface area contributed by atoms with E-state index in [-0.39, 0.29) is 0 Å². The third-order valence-corrected chi connectivity index (χ3v) is 2.05. The SMILES string of the molecule is [NH2+]c1ccccc1-c1ccccc1. The summed E-state index contributed by atoms with van der Waals surface area (Å²) in [4.78, 5) is 0. The van der Waals surface area contributed by atoms with Gasteiger partial charge in [-0.1, -0.05) is 42.5 Å². The van der Waals surface area contributed by atoms with Gasteiger partial charge in [-0.15, -0.1) is 0 Å². The lowest BCUT2D eigenvalue weighted by Gasteiger charge is -1.99. The molecule has 0 unspecified atom stereocenters. The first-order valence-electron chi connectivity index (χ1n) is 4.28. The van der Waals surface area contributed by atoms with Crippen LogP contribution in [0.4, 0.5) is 5.69 Å². The smallest absolute Gasteiger partial charge is 0.159 e. The molecule has 0 atom stereocenters. The van der Waals surface area contributed by atoms with Crippen LogP contribution in [0.5, 0.6) is 0 Å². The van der Waals surface area contributed by atoms with Gasteiger partial charge in [-0.3, -0.25) is 0 Å². The molecule has 63 valence electrons. The number of nitrogen functional groups attached to an aromatic ring is 1. The Morgan fingerprint density at radius 2 is 1.31 bits per heavy atom. The number of anilines is 1. The Morgan fingerprint density at radius 3 is 2.00 bits per heavy atom. The molecule has 0 amide bonds. The summed E-state index contributed by atoms with van der Waals surface area (Å²) in [6.45, 7) is 0. The molecule has 0 heterocycles. The van der Waals surface area contributed by atoms with Gasteiger partial charge in [-0.25, -0.2) is 0 Å². The zero-order chi connectivity index (χ0) is 9.10. The van der Waals surface area contributed by atoms with Gasteiger partial charge in [0.05, 0.1) is 0 Å². The van der Waals surface area contributed by atoms with Crippen molar-refractivity contribution >= 4 is 5.69 Å². The molecule has 0 spiro atoms. The molecule has 2 aromatic carbocycles. The third-order valence-electron chi connectivity index (χ3n) is 2.05. The van der Waals surface area contributed by atoms with Crippen LogP contribution in [0.2, 0.25) is 0 Å². The minimum absolute atomic E-state index is 0.828. The summed E-state index contributed by atoms with van der Waals surface area (Å²) in [5.74, 6) is 0. The normalized spacial score (nSPS) is 9.92. The summed E-state index contributed by atoms with van der Waals surface area (Å²) < 4.78 is 0. The Morgan fingerprint density at radius 1 is 0.692 bits per heavy atom. The van der Waals surface area contributed by atoms with Crippen LogP contribution < -0.4 is 5.73 Å². The van der Waals surface area contributed by atoms with Crippen molar-refractivity contribution in [1.82, 2.24) is 0 Å². The average Bonchev–Trinajstić information content (AvgIpc) is 2.20. The van der Waals surface area contributed by atoms with Gasteiger partial charge in [0.2, 0.25) is 0 Å². The molecular formula is C12H11N+. The monoisotopic (exact) mass is 169 g/mol. The van der Waals surface area contributed by atoms with E-state index in [9.17, 15) is 0 Å². The van der Waals surface area contributed by atoms with Crippen molar-refractivity contribution in [2.45, 2.75) is 0 Å². The van der Waals surface area contributed by atoms with Crippen molar-refractivity contribution in [3.63, 3.8) is 0 Å². The number of rotatable bonds is 1. The van der Waals surface area contributed by atoms with E-state index >= 15 is 0 Å². The molecule has 0 saturated heterocycles. The summed E-state index contributed by atoms with van der Waals surface area (Å²) in [5.41, 5.74) is 8.95. The van der Waals surface area contributed by atoms with E-state index in [4.69, 9.17) is 5.73 Å². The lowest BCUT2D eigenvalue weighted by Crippen LogP contribution is -2.40. The molecule has 0 aliphatic heterocycles. The molecule has 0 aliphatic carbocycles. The molecule has 0 saturated carbocycles. The summed E-state index contributed by atoms with van der Waals surface area (Å²) >= 11 is 0. The Labute approximate surface area is 77.8 Å². The highest BCUT2D eigenvalue weighted by Gasteiger charge is 2.03. The van der Waals surface area contributed by atoms with Gasteiger partial charge in [-0.2, -0.15) is 5.73 Å². The van der Waals surface area contributed by atoms with Crippen molar-refractivity contribution in [2.75, 3.05) is 0 Å². The highest BCUT2D eigenvalue weighted by molar-refractivity contribution is 5.72. The quantitative estimate of drug-likeness (QED) is 0.632. The minimum Gasteiger partial charge on any atom is -0.159 e. The standard InChI is InChI=1S/C12H11N/c13-12-9-5-4-8-11(12)10-6-2-1-3-7-10/h1-9H,13H2/q+1. The van der Waals surface area contributed by atoms with Crippen LogP contribution in [-0.2, 0) is 0 Å². The van der Waals surface area contributed by atoms with E-state index in [0.29, 0.717) is 0 Å². The number of hydrogen-bond donors (Lipinski definition) is 1. The first kappa shape index (κ1) is 8.02. The van der Waals surface area contributed by atoms with Gasteiger partial charge >= 0.3 is 0 Å². The molecule has 0 fully saturated rings. The van der Waals surface area contributed by atoms with E-state index in [1.165, 1.54) is 5.56 Å². The number of hydrogen-bond acceptors (Lipinski definition) is 1. The van der Waals surface area contributed by atoms with Crippen molar-refractivity contribution in [1.29, 1.82) is 0 Å². The van der Waals surface area contributed by atoms with Crippen molar-refractivity contribution in [3.05, 3.63) is 54.6 Å². The van der Waals surface area contributed by atoms with E-state index < -0.39 is 0 Å². The van der Waals surface area contributed by atoms with Crippen molar-refractivity contribution in [2.24, 2.45) is 0 Å². The Hall–Kier alpha value is -1.60. The van der Waals surface area contributed by atoms with Crippen molar-refractivity contribution in [3.8, 4) is 11.1 Å². The highest BCUT2D eigenvalue weighted by atomic mass is 14.6. The highest BCUT2D eigenvalue weighted by Crippen LogP contribution is 2.23. The molecular weight excluding hydrogens is 158 g/mol. The Kier molecular flexibility index (Phi) is 2.11. The van der Waals surface area contributed by atoms with Gasteiger partial charge < -0.3 is 0 Å². The van der Waals surface area contributed by atoms with Crippen LogP contribution in [-0.4, -0.2) is 0 Å². The fraction of sp³-hybridized carbons (Fsp3) is 0. The van der Waals surface area contributed by atoms with Gasteiger partial charge in [0.1, 0.15) is 0 Å². The fourth-order valence-electron chi connectivity index (χ4n) is 1.38. The maximum absolute atomic E-state index is 5.85. The molecule has 0 bridgehead atoms. The van der Waals surface area contributed by atoms with Crippen LogP contribution >= 0.6 is 0 Å². The van der Waals surface area contributed by atoms with Gasteiger partial charge in [-0.05, 0) is 11.6 Å². The molecule has 13 heavy (non-hydrogen) atoms. The van der Waals surface area contributed by atoms with Gasteiger partial charge in [0.25, 0.3) is 0 Å². The number of para-hydroxylation sites is 1. The molecule has 0 aromatic heterocycles. The molecule has 2 rings (SSSR count).